The van der Waals surface area contributed by atoms with E-state index >= 15 is 0 Å². The lowest BCUT2D eigenvalue weighted by atomic mass is 10.0. The van der Waals surface area contributed by atoms with E-state index < -0.39 is 0 Å². The highest BCUT2D eigenvalue weighted by Crippen LogP contribution is 2.28. The van der Waals surface area contributed by atoms with E-state index in [1.807, 2.05) is 19.9 Å². The van der Waals surface area contributed by atoms with Crippen LogP contribution in [0.3, 0.4) is 0 Å². The summed E-state index contributed by atoms with van der Waals surface area (Å²) in [6.45, 7) is 4.01. The number of furan rings is 1. The van der Waals surface area contributed by atoms with Gasteiger partial charge in [-0.15, -0.1) is 0 Å². The van der Waals surface area contributed by atoms with Crippen molar-refractivity contribution < 1.29 is 13.5 Å². The maximum Gasteiger partial charge on any atom is 0.123 e. The Labute approximate surface area is 112 Å². The average Bonchev–Trinajstić information content (AvgIpc) is 2.92. The molecule has 2 aromatic rings. The molecule has 102 valence electrons. The lowest BCUT2D eigenvalue weighted by Crippen LogP contribution is -2.22. The van der Waals surface area contributed by atoms with Crippen LogP contribution < -0.4 is 10.1 Å². The molecule has 19 heavy (non-hydrogen) atoms. The molecule has 1 heterocycles. The summed E-state index contributed by atoms with van der Waals surface area (Å²) in [7, 11) is 1.59. The Hall–Kier alpha value is -1.81. The number of hydrogen-bond donors (Lipinski definition) is 1. The lowest BCUT2D eigenvalue weighted by molar-refractivity contribution is 0.394. The highest BCUT2D eigenvalue weighted by molar-refractivity contribution is 5.36. The maximum absolute atomic E-state index is 13.4. The first-order valence-electron chi connectivity index (χ1n) is 6.23. The Morgan fingerprint density at radius 1 is 1.21 bits per heavy atom. The van der Waals surface area contributed by atoms with Crippen molar-refractivity contribution in [2.24, 2.45) is 0 Å². The number of halogens is 1. The van der Waals surface area contributed by atoms with Crippen molar-refractivity contribution in [3.63, 3.8) is 0 Å². The number of methoxy groups -OCH3 is 1. The highest BCUT2D eigenvalue weighted by Gasteiger charge is 2.16. The minimum Gasteiger partial charge on any atom is -0.496 e. The maximum atomic E-state index is 13.4. The third-order valence-corrected chi connectivity index (χ3v) is 3.20. The van der Waals surface area contributed by atoms with Crippen molar-refractivity contribution >= 4 is 0 Å². The molecule has 0 aliphatic carbocycles. The first-order valence-corrected chi connectivity index (χ1v) is 6.23. The molecule has 3 nitrogen and oxygen atoms in total. The van der Waals surface area contributed by atoms with Crippen molar-refractivity contribution in [2.75, 3.05) is 7.11 Å². The predicted octanol–water partition coefficient (Wildman–Crippen LogP) is 3.84. The van der Waals surface area contributed by atoms with Crippen molar-refractivity contribution in [3.05, 3.63) is 53.7 Å². The molecule has 0 radical (unpaired) electrons. The van der Waals surface area contributed by atoms with Gasteiger partial charge in [0.05, 0.1) is 19.6 Å². The summed E-state index contributed by atoms with van der Waals surface area (Å²) >= 11 is 0. The summed E-state index contributed by atoms with van der Waals surface area (Å²) in [6, 6.07) is 6.53. The van der Waals surface area contributed by atoms with Crippen molar-refractivity contribution in [3.8, 4) is 5.75 Å². The third kappa shape index (κ3) is 3.15. The number of nitrogens with one attached hydrogen (secondary N) is 1. The molecular formula is C15H18FNO2. The predicted molar refractivity (Wildman–Crippen MR) is 71.6 cm³/mol. The SMILES string of the molecule is COc1ccc(F)cc1C(C)NC(C)c1ccoc1. The second kappa shape index (κ2) is 5.89. The minimum atomic E-state index is -0.264. The molecule has 0 amide bonds. The van der Waals surface area contributed by atoms with Gasteiger partial charge >= 0.3 is 0 Å². The molecule has 0 aliphatic rings. The second-order valence-corrected chi connectivity index (χ2v) is 4.55. The molecule has 2 unspecified atom stereocenters. The Balaban J connectivity index is 2.15. The van der Waals surface area contributed by atoms with Crippen LogP contribution in [0.2, 0.25) is 0 Å². The first kappa shape index (κ1) is 13.6. The van der Waals surface area contributed by atoms with Gasteiger partial charge in [-0.05, 0) is 38.1 Å². The van der Waals surface area contributed by atoms with Crippen LogP contribution in [0.15, 0.2) is 41.2 Å². The zero-order valence-electron chi connectivity index (χ0n) is 11.3. The highest BCUT2D eigenvalue weighted by atomic mass is 19.1. The van der Waals surface area contributed by atoms with Crippen LogP contribution in [-0.2, 0) is 0 Å². The van der Waals surface area contributed by atoms with Gasteiger partial charge in [0.2, 0.25) is 0 Å². The fourth-order valence-corrected chi connectivity index (χ4v) is 2.13. The number of ether oxygens (including phenoxy) is 1. The lowest BCUT2D eigenvalue weighted by Gasteiger charge is -2.21. The summed E-state index contributed by atoms with van der Waals surface area (Å²) in [5.74, 6) is 0.418. The number of benzene rings is 1. The molecule has 2 rings (SSSR count). The van der Waals surface area contributed by atoms with E-state index in [1.54, 1.807) is 25.7 Å². The minimum absolute atomic E-state index is 0.0319. The van der Waals surface area contributed by atoms with Crippen LogP contribution in [0.1, 0.15) is 37.1 Å². The van der Waals surface area contributed by atoms with Crippen molar-refractivity contribution in [2.45, 2.75) is 25.9 Å². The first-order chi connectivity index (χ1) is 9.11. The van der Waals surface area contributed by atoms with Crippen LogP contribution >= 0.6 is 0 Å². The van der Waals surface area contributed by atoms with E-state index in [9.17, 15) is 4.39 Å². The number of hydrogen-bond acceptors (Lipinski definition) is 3. The van der Waals surface area contributed by atoms with Gasteiger partial charge < -0.3 is 14.5 Å². The van der Waals surface area contributed by atoms with E-state index in [0.29, 0.717) is 5.75 Å². The van der Waals surface area contributed by atoms with Crippen LogP contribution in [0, 0.1) is 5.82 Å². The largest absolute Gasteiger partial charge is 0.496 e. The van der Waals surface area contributed by atoms with Gasteiger partial charge in [-0.25, -0.2) is 4.39 Å². The van der Waals surface area contributed by atoms with Crippen LogP contribution in [0.4, 0.5) is 4.39 Å². The fourth-order valence-electron chi connectivity index (χ4n) is 2.13. The summed E-state index contributed by atoms with van der Waals surface area (Å²) in [5.41, 5.74) is 1.86. The van der Waals surface area contributed by atoms with E-state index in [1.165, 1.54) is 12.1 Å². The molecular weight excluding hydrogens is 245 g/mol. The molecule has 0 fully saturated rings. The molecule has 1 aromatic carbocycles. The number of rotatable bonds is 5. The Morgan fingerprint density at radius 3 is 2.63 bits per heavy atom. The van der Waals surface area contributed by atoms with Gasteiger partial charge in [0, 0.05) is 23.2 Å². The van der Waals surface area contributed by atoms with Gasteiger partial charge in [0.1, 0.15) is 11.6 Å². The van der Waals surface area contributed by atoms with Crippen molar-refractivity contribution in [1.82, 2.24) is 5.32 Å². The zero-order chi connectivity index (χ0) is 13.8. The Morgan fingerprint density at radius 2 is 2.00 bits per heavy atom. The van der Waals surface area contributed by atoms with E-state index in [-0.39, 0.29) is 17.9 Å². The third-order valence-electron chi connectivity index (χ3n) is 3.20. The van der Waals surface area contributed by atoms with E-state index in [4.69, 9.17) is 9.15 Å². The standard InChI is InChI=1S/C15H18FNO2/c1-10(12-6-7-19-9-12)17-11(2)14-8-13(16)4-5-15(14)18-3/h4-11,17H,1-3H3. The molecule has 0 bridgehead atoms. The summed E-state index contributed by atoms with van der Waals surface area (Å²) in [4.78, 5) is 0. The molecule has 2 atom stereocenters. The van der Waals surface area contributed by atoms with Gasteiger partial charge in [-0.1, -0.05) is 0 Å². The van der Waals surface area contributed by atoms with Crippen LogP contribution in [0.25, 0.3) is 0 Å². The fraction of sp³-hybridized carbons (Fsp3) is 0.333. The van der Waals surface area contributed by atoms with Gasteiger partial charge in [0.25, 0.3) is 0 Å². The Bertz CT molecular complexity index is 525. The summed E-state index contributed by atoms with van der Waals surface area (Å²) < 4.78 is 23.7. The topological polar surface area (TPSA) is 34.4 Å². The monoisotopic (exact) mass is 263 g/mol. The summed E-state index contributed by atoms with van der Waals surface area (Å²) in [6.07, 6.45) is 3.34. The Kier molecular flexibility index (Phi) is 4.22. The average molecular weight is 263 g/mol. The molecule has 0 aliphatic heterocycles. The zero-order valence-corrected chi connectivity index (χ0v) is 11.3. The smallest absolute Gasteiger partial charge is 0.123 e. The summed E-state index contributed by atoms with van der Waals surface area (Å²) in [5, 5.41) is 3.39. The molecule has 0 saturated carbocycles. The molecule has 0 saturated heterocycles. The second-order valence-electron chi connectivity index (χ2n) is 4.55. The van der Waals surface area contributed by atoms with Gasteiger partial charge in [0.15, 0.2) is 0 Å². The normalized spacial score (nSPS) is 14.1. The molecule has 4 heteroatoms. The quantitative estimate of drug-likeness (QED) is 0.890. The van der Waals surface area contributed by atoms with E-state index in [0.717, 1.165) is 11.1 Å². The van der Waals surface area contributed by atoms with Crippen molar-refractivity contribution in [1.29, 1.82) is 0 Å². The molecule has 0 spiro atoms. The van der Waals surface area contributed by atoms with Crippen LogP contribution in [-0.4, -0.2) is 7.11 Å². The molecule has 1 aromatic heterocycles. The molecule has 1 N–H and O–H groups in total. The van der Waals surface area contributed by atoms with E-state index in [2.05, 4.69) is 5.32 Å². The van der Waals surface area contributed by atoms with Gasteiger partial charge in [-0.3, -0.25) is 0 Å². The van der Waals surface area contributed by atoms with Crippen LogP contribution in [0.5, 0.6) is 5.75 Å². The van der Waals surface area contributed by atoms with Gasteiger partial charge in [-0.2, -0.15) is 0 Å².